The first-order valence-electron chi connectivity index (χ1n) is 7.92. The van der Waals surface area contributed by atoms with Gasteiger partial charge in [-0.3, -0.25) is 0 Å². The van der Waals surface area contributed by atoms with E-state index in [9.17, 15) is 0 Å². The van der Waals surface area contributed by atoms with Gasteiger partial charge in [-0.05, 0) is 23.6 Å². The molecule has 4 rings (SSSR count). The zero-order valence-corrected chi connectivity index (χ0v) is 12.7. The Kier molecular flexibility index (Phi) is 3.86. The van der Waals surface area contributed by atoms with Crippen molar-refractivity contribution in [1.82, 2.24) is 20.2 Å². The van der Waals surface area contributed by atoms with Gasteiger partial charge in [-0.25, -0.2) is 0 Å². The number of tetrazole rings is 1. The summed E-state index contributed by atoms with van der Waals surface area (Å²) >= 11 is 0. The van der Waals surface area contributed by atoms with E-state index in [4.69, 9.17) is 4.74 Å². The molecule has 1 fully saturated rings. The van der Waals surface area contributed by atoms with Gasteiger partial charge in [0.25, 0.3) is 0 Å². The number of nitrogens with zero attached hydrogens (tertiary/aromatic N) is 4. The van der Waals surface area contributed by atoms with Crippen LogP contribution in [0.5, 0.6) is 0 Å². The summed E-state index contributed by atoms with van der Waals surface area (Å²) in [5.74, 6) is 0.656. The fraction of sp³-hybridized carbons (Fsp3) is 0.278. The number of aromatic nitrogens is 4. The van der Waals surface area contributed by atoms with Gasteiger partial charge in [0.05, 0.1) is 18.8 Å². The minimum atomic E-state index is 0.137. The van der Waals surface area contributed by atoms with Crippen LogP contribution in [0, 0.1) is 0 Å². The Morgan fingerprint density at radius 3 is 2.48 bits per heavy atom. The summed E-state index contributed by atoms with van der Waals surface area (Å²) in [5, 5.41) is 12.7. The van der Waals surface area contributed by atoms with Gasteiger partial charge in [-0.15, -0.1) is 10.2 Å². The number of benzene rings is 2. The molecule has 2 heterocycles. The predicted octanol–water partition coefficient (Wildman–Crippen LogP) is 3.26. The first kappa shape index (κ1) is 14.1. The van der Waals surface area contributed by atoms with Gasteiger partial charge in [0, 0.05) is 5.56 Å². The van der Waals surface area contributed by atoms with E-state index < -0.39 is 0 Å². The topological polar surface area (TPSA) is 52.8 Å². The summed E-state index contributed by atoms with van der Waals surface area (Å²) in [4.78, 5) is 1.64. The highest BCUT2D eigenvalue weighted by Gasteiger charge is 2.27. The normalized spacial score (nSPS) is 20.7. The molecule has 0 N–H and O–H groups in total. The summed E-state index contributed by atoms with van der Waals surface area (Å²) < 4.78 is 6.14. The van der Waals surface area contributed by atoms with Crippen LogP contribution in [0.4, 0.5) is 0 Å². The molecule has 2 aromatic carbocycles. The number of rotatable bonds is 4. The monoisotopic (exact) mass is 306 g/mol. The smallest absolute Gasteiger partial charge is 0.204 e. The zero-order valence-electron chi connectivity index (χ0n) is 12.7. The highest BCUT2D eigenvalue weighted by Crippen LogP contribution is 2.32. The van der Waals surface area contributed by atoms with Crippen LogP contribution in [0.3, 0.4) is 0 Å². The van der Waals surface area contributed by atoms with Crippen molar-refractivity contribution in [2.75, 3.05) is 0 Å². The van der Waals surface area contributed by atoms with E-state index >= 15 is 0 Å². The maximum atomic E-state index is 6.14. The van der Waals surface area contributed by atoms with Gasteiger partial charge >= 0.3 is 0 Å². The van der Waals surface area contributed by atoms with E-state index in [0.29, 0.717) is 12.4 Å². The van der Waals surface area contributed by atoms with E-state index in [1.165, 1.54) is 5.56 Å². The number of hydrogen-bond acceptors (Lipinski definition) is 4. The SMILES string of the molecule is c1ccc(-c2nnn(CC3CCC(c4ccccc4)O3)n2)cc1. The van der Waals surface area contributed by atoms with Gasteiger partial charge in [0.2, 0.25) is 5.82 Å². The average molecular weight is 306 g/mol. The summed E-state index contributed by atoms with van der Waals surface area (Å²) in [6.07, 6.45) is 2.37. The van der Waals surface area contributed by atoms with Crippen LogP contribution in [-0.2, 0) is 11.3 Å². The minimum absolute atomic E-state index is 0.137. The average Bonchev–Trinajstić information content (AvgIpc) is 3.27. The second-order valence-electron chi connectivity index (χ2n) is 5.77. The highest BCUT2D eigenvalue weighted by molar-refractivity contribution is 5.52. The van der Waals surface area contributed by atoms with Crippen molar-refractivity contribution in [2.45, 2.75) is 31.6 Å². The lowest BCUT2D eigenvalue weighted by atomic mass is 10.1. The Balaban J connectivity index is 1.41. The van der Waals surface area contributed by atoms with Crippen LogP contribution in [0.1, 0.15) is 24.5 Å². The van der Waals surface area contributed by atoms with Gasteiger partial charge in [0.15, 0.2) is 0 Å². The van der Waals surface area contributed by atoms with Crippen LogP contribution in [0.25, 0.3) is 11.4 Å². The lowest BCUT2D eigenvalue weighted by molar-refractivity contribution is 0.0304. The third kappa shape index (κ3) is 3.14. The maximum Gasteiger partial charge on any atom is 0.204 e. The summed E-state index contributed by atoms with van der Waals surface area (Å²) in [6.45, 7) is 0.642. The lowest BCUT2D eigenvalue weighted by Gasteiger charge is -2.13. The molecule has 23 heavy (non-hydrogen) atoms. The van der Waals surface area contributed by atoms with Gasteiger partial charge in [-0.2, -0.15) is 4.80 Å². The fourth-order valence-corrected chi connectivity index (χ4v) is 2.96. The van der Waals surface area contributed by atoms with Gasteiger partial charge in [-0.1, -0.05) is 60.7 Å². The van der Waals surface area contributed by atoms with E-state index in [-0.39, 0.29) is 12.2 Å². The third-order valence-corrected chi connectivity index (χ3v) is 4.13. The first-order chi connectivity index (χ1) is 11.4. The van der Waals surface area contributed by atoms with Gasteiger partial charge < -0.3 is 4.74 Å². The molecule has 3 aromatic rings. The van der Waals surface area contributed by atoms with Crippen LogP contribution in [0.15, 0.2) is 60.7 Å². The Bertz CT molecular complexity index is 757. The van der Waals surface area contributed by atoms with Crippen molar-refractivity contribution in [2.24, 2.45) is 0 Å². The van der Waals surface area contributed by atoms with E-state index in [0.717, 1.165) is 18.4 Å². The minimum Gasteiger partial charge on any atom is -0.368 e. The van der Waals surface area contributed by atoms with E-state index in [1.807, 2.05) is 36.4 Å². The first-order valence-corrected chi connectivity index (χ1v) is 7.92. The standard InChI is InChI=1S/C18H18N4O/c1-3-7-14(8-4-1)17-12-11-16(23-17)13-22-20-18(19-21-22)15-9-5-2-6-10-15/h1-10,16-17H,11-13H2. The fourth-order valence-electron chi connectivity index (χ4n) is 2.96. The van der Waals surface area contributed by atoms with Crippen LogP contribution >= 0.6 is 0 Å². The Morgan fingerprint density at radius 1 is 0.957 bits per heavy atom. The van der Waals surface area contributed by atoms with E-state index in [2.05, 4.69) is 39.7 Å². The maximum absolute atomic E-state index is 6.14. The third-order valence-electron chi connectivity index (χ3n) is 4.13. The Labute approximate surface area is 134 Å². The quantitative estimate of drug-likeness (QED) is 0.742. The van der Waals surface area contributed by atoms with Crippen molar-refractivity contribution in [3.8, 4) is 11.4 Å². The van der Waals surface area contributed by atoms with Crippen LogP contribution in [-0.4, -0.2) is 26.3 Å². The van der Waals surface area contributed by atoms with Gasteiger partial charge in [0.1, 0.15) is 0 Å². The summed E-state index contributed by atoms with van der Waals surface area (Å²) in [6, 6.07) is 20.3. The molecule has 5 nitrogen and oxygen atoms in total. The van der Waals surface area contributed by atoms with Crippen molar-refractivity contribution in [3.63, 3.8) is 0 Å². The summed E-state index contributed by atoms with van der Waals surface area (Å²) in [7, 11) is 0. The molecule has 116 valence electrons. The molecular weight excluding hydrogens is 288 g/mol. The van der Waals surface area contributed by atoms with Crippen molar-refractivity contribution < 1.29 is 4.74 Å². The number of hydrogen-bond donors (Lipinski definition) is 0. The molecule has 0 saturated carbocycles. The Morgan fingerprint density at radius 2 is 1.70 bits per heavy atom. The van der Waals surface area contributed by atoms with Crippen LogP contribution in [0.2, 0.25) is 0 Å². The molecule has 5 heteroatoms. The van der Waals surface area contributed by atoms with Crippen molar-refractivity contribution in [3.05, 3.63) is 66.2 Å². The molecule has 2 unspecified atom stereocenters. The second kappa shape index (κ2) is 6.30. The molecule has 1 aromatic heterocycles. The second-order valence-corrected chi connectivity index (χ2v) is 5.77. The van der Waals surface area contributed by atoms with Crippen LogP contribution < -0.4 is 0 Å². The number of ether oxygens (including phenoxy) is 1. The Hall–Kier alpha value is -2.53. The van der Waals surface area contributed by atoms with Crippen molar-refractivity contribution in [1.29, 1.82) is 0 Å². The molecule has 1 aliphatic rings. The molecule has 0 amide bonds. The molecule has 1 aliphatic heterocycles. The van der Waals surface area contributed by atoms with E-state index in [1.54, 1.807) is 4.80 Å². The molecule has 0 radical (unpaired) electrons. The largest absolute Gasteiger partial charge is 0.368 e. The molecule has 2 atom stereocenters. The van der Waals surface area contributed by atoms with Crippen molar-refractivity contribution >= 4 is 0 Å². The predicted molar refractivity (Wildman–Crippen MR) is 86.5 cm³/mol. The zero-order chi connectivity index (χ0) is 15.5. The lowest BCUT2D eigenvalue weighted by Crippen LogP contribution is -2.17. The highest BCUT2D eigenvalue weighted by atomic mass is 16.5. The molecule has 0 aliphatic carbocycles. The molecule has 0 spiro atoms. The molecule has 1 saturated heterocycles. The molecule has 0 bridgehead atoms. The summed E-state index contributed by atoms with van der Waals surface area (Å²) in [5.41, 5.74) is 2.22. The molecular formula is C18H18N4O.